The van der Waals surface area contributed by atoms with Gasteiger partial charge in [0.05, 0.1) is 23.0 Å². The van der Waals surface area contributed by atoms with Crippen molar-refractivity contribution < 1.29 is 5.11 Å². The minimum atomic E-state index is -0.314. The van der Waals surface area contributed by atoms with Gasteiger partial charge in [0.25, 0.3) is 5.56 Å². The van der Waals surface area contributed by atoms with Crippen molar-refractivity contribution in [2.45, 2.75) is 12.3 Å². The van der Waals surface area contributed by atoms with Crippen LogP contribution in [0.25, 0.3) is 5.65 Å². The molecule has 25 heavy (non-hydrogen) atoms. The minimum absolute atomic E-state index is 0.146. The van der Waals surface area contributed by atoms with E-state index in [2.05, 4.69) is 15.3 Å². The number of aromatic nitrogens is 3. The van der Waals surface area contributed by atoms with E-state index in [1.54, 1.807) is 6.20 Å². The maximum atomic E-state index is 12.1. The molecular weight excluding hydrogens is 380 g/mol. The molecule has 3 aromatic rings. The first-order valence-corrected chi connectivity index (χ1v) is 9.01. The van der Waals surface area contributed by atoms with Gasteiger partial charge in [-0.2, -0.15) is 0 Å². The molecule has 0 fully saturated rings. The fourth-order valence-electron chi connectivity index (χ4n) is 2.13. The van der Waals surface area contributed by atoms with Gasteiger partial charge in [-0.1, -0.05) is 41.6 Å². The Morgan fingerprint density at radius 3 is 2.96 bits per heavy atom. The van der Waals surface area contributed by atoms with Crippen molar-refractivity contribution in [3.05, 3.63) is 69.5 Å². The number of pyridine rings is 2. The molecule has 6 nitrogen and oxygen atoms in total. The molecule has 0 aliphatic heterocycles. The zero-order valence-electron chi connectivity index (χ0n) is 12.8. The molecule has 3 rings (SSSR count). The van der Waals surface area contributed by atoms with Gasteiger partial charge in [-0.25, -0.2) is 4.98 Å². The summed E-state index contributed by atoms with van der Waals surface area (Å²) in [5.74, 6) is 0.259. The van der Waals surface area contributed by atoms with E-state index < -0.39 is 0 Å². The summed E-state index contributed by atoms with van der Waals surface area (Å²) in [5, 5.41) is 13.3. The molecule has 0 unspecified atom stereocenters. The second-order valence-electron chi connectivity index (χ2n) is 5.07. The highest BCUT2D eigenvalue weighted by molar-refractivity contribution is 8.22. The third-order valence-electron chi connectivity index (χ3n) is 3.25. The maximum Gasteiger partial charge on any atom is 0.258 e. The molecule has 0 aliphatic carbocycles. The van der Waals surface area contributed by atoms with Gasteiger partial charge >= 0.3 is 0 Å². The number of rotatable bonds is 4. The van der Waals surface area contributed by atoms with E-state index in [-0.39, 0.29) is 22.0 Å². The summed E-state index contributed by atoms with van der Waals surface area (Å²) < 4.78 is 1.79. The van der Waals surface area contributed by atoms with Crippen molar-refractivity contribution in [1.29, 1.82) is 0 Å². The molecular formula is C16H13ClN4O2S2. The van der Waals surface area contributed by atoms with E-state index in [1.165, 1.54) is 34.5 Å². The summed E-state index contributed by atoms with van der Waals surface area (Å²) in [6.07, 6.45) is 3.14. The molecule has 2 N–H and O–H groups in total. The monoisotopic (exact) mass is 392 g/mol. The molecule has 0 amide bonds. The lowest BCUT2D eigenvalue weighted by Gasteiger charge is -2.08. The van der Waals surface area contributed by atoms with Crippen LogP contribution in [0.5, 0.6) is 5.75 Å². The second-order valence-corrected chi connectivity index (χ2v) is 7.16. The number of nitrogens with one attached hydrogen (secondary N) is 1. The van der Waals surface area contributed by atoms with Gasteiger partial charge in [0.1, 0.15) is 4.32 Å². The minimum Gasteiger partial charge on any atom is -0.504 e. The third kappa shape index (κ3) is 4.47. The first kappa shape index (κ1) is 17.7. The van der Waals surface area contributed by atoms with Crippen LogP contribution in [0, 0.1) is 0 Å². The molecule has 9 heteroatoms. The van der Waals surface area contributed by atoms with Crippen molar-refractivity contribution in [2.24, 2.45) is 0 Å². The summed E-state index contributed by atoms with van der Waals surface area (Å²) >= 11 is 12.5. The number of hydrogen-bond acceptors (Lipinski definition) is 6. The maximum absolute atomic E-state index is 12.1. The van der Waals surface area contributed by atoms with E-state index in [0.29, 0.717) is 22.3 Å². The molecule has 128 valence electrons. The molecule has 0 saturated carbocycles. The van der Waals surface area contributed by atoms with E-state index in [1.807, 2.05) is 18.2 Å². The number of thioether (sulfide) groups is 1. The fourth-order valence-corrected chi connectivity index (χ4v) is 3.18. The van der Waals surface area contributed by atoms with E-state index in [0.717, 1.165) is 5.69 Å². The highest BCUT2D eigenvalue weighted by Crippen LogP contribution is 2.21. The van der Waals surface area contributed by atoms with Gasteiger partial charge in [0, 0.05) is 30.3 Å². The number of fused-ring (bicyclic) bond motifs is 1. The van der Waals surface area contributed by atoms with E-state index >= 15 is 0 Å². The number of halogens is 1. The average molecular weight is 393 g/mol. The first-order chi connectivity index (χ1) is 12.0. The van der Waals surface area contributed by atoms with Crippen LogP contribution < -0.4 is 10.9 Å². The molecule has 0 atom stereocenters. The van der Waals surface area contributed by atoms with Gasteiger partial charge in [-0.05, 0) is 12.1 Å². The Bertz CT molecular complexity index is 979. The zero-order chi connectivity index (χ0) is 17.8. The summed E-state index contributed by atoms with van der Waals surface area (Å²) in [6, 6.07) is 8.41. The van der Waals surface area contributed by atoms with Gasteiger partial charge in [0.2, 0.25) is 0 Å². The van der Waals surface area contributed by atoms with Crippen LogP contribution in [0.15, 0.2) is 47.5 Å². The van der Waals surface area contributed by atoms with Crippen LogP contribution in [0.2, 0.25) is 5.02 Å². The highest BCUT2D eigenvalue weighted by atomic mass is 35.5. The van der Waals surface area contributed by atoms with Crippen LogP contribution in [0.1, 0.15) is 11.4 Å². The largest absolute Gasteiger partial charge is 0.504 e. The number of thiocarbonyl (C=S) groups is 1. The predicted molar refractivity (Wildman–Crippen MR) is 103 cm³/mol. The molecule has 0 bridgehead atoms. The Balaban J connectivity index is 1.67. The normalized spacial score (nSPS) is 10.8. The zero-order valence-corrected chi connectivity index (χ0v) is 15.2. The summed E-state index contributed by atoms with van der Waals surface area (Å²) in [7, 11) is 0. The Labute approximate surface area is 157 Å². The quantitative estimate of drug-likeness (QED) is 0.661. The lowest BCUT2D eigenvalue weighted by Crippen LogP contribution is -2.19. The van der Waals surface area contributed by atoms with Crippen molar-refractivity contribution in [2.75, 3.05) is 0 Å². The summed E-state index contributed by atoms with van der Waals surface area (Å²) in [6.45, 7) is 0.528. The van der Waals surface area contributed by atoms with E-state index in [4.69, 9.17) is 23.8 Å². The van der Waals surface area contributed by atoms with Crippen molar-refractivity contribution >= 4 is 45.5 Å². The Hall–Kier alpha value is -2.16. The molecule has 0 saturated heterocycles. The van der Waals surface area contributed by atoms with Crippen LogP contribution in [-0.2, 0) is 12.3 Å². The number of nitrogens with zero attached hydrogens (tertiary/aromatic N) is 3. The average Bonchev–Trinajstić information content (AvgIpc) is 2.60. The smallest absolute Gasteiger partial charge is 0.258 e. The summed E-state index contributed by atoms with van der Waals surface area (Å²) in [4.78, 5) is 20.7. The SMILES string of the molecule is O=c1cc(CSC(=S)NCc2ccccn2)nc2c(O)cc(Cl)cn12. The van der Waals surface area contributed by atoms with Crippen molar-refractivity contribution in [1.82, 2.24) is 19.7 Å². The lowest BCUT2D eigenvalue weighted by atomic mass is 10.3. The Morgan fingerprint density at radius 1 is 1.36 bits per heavy atom. The van der Waals surface area contributed by atoms with Crippen LogP contribution in [-0.4, -0.2) is 23.8 Å². The number of hydrogen-bond donors (Lipinski definition) is 2. The van der Waals surface area contributed by atoms with Gasteiger partial charge in [0.15, 0.2) is 11.4 Å². The van der Waals surface area contributed by atoms with Crippen molar-refractivity contribution in [3.8, 4) is 5.75 Å². The van der Waals surface area contributed by atoms with Crippen molar-refractivity contribution in [3.63, 3.8) is 0 Å². The lowest BCUT2D eigenvalue weighted by molar-refractivity contribution is 0.476. The van der Waals surface area contributed by atoms with Gasteiger partial charge < -0.3 is 10.4 Å². The fraction of sp³-hybridized carbons (Fsp3) is 0.125. The molecule has 0 aromatic carbocycles. The summed E-state index contributed by atoms with van der Waals surface area (Å²) in [5.41, 5.74) is 1.26. The molecule has 0 aliphatic rings. The molecule has 0 radical (unpaired) electrons. The second kappa shape index (κ2) is 7.81. The van der Waals surface area contributed by atoms with Crippen LogP contribution in [0.3, 0.4) is 0 Å². The van der Waals surface area contributed by atoms with E-state index in [9.17, 15) is 9.90 Å². The number of aromatic hydroxyl groups is 1. The van der Waals surface area contributed by atoms with Gasteiger partial charge in [-0.15, -0.1) is 0 Å². The third-order valence-corrected chi connectivity index (χ3v) is 4.80. The molecule has 0 spiro atoms. The molecule has 3 heterocycles. The van der Waals surface area contributed by atoms with Crippen LogP contribution >= 0.6 is 35.6 Å². The topological polar surface area (TPSA) is 79.5 Å². The highest BCUT2D eigenvalue weighted by Gasteiger charge is 2.09. The standard InChI is InChI=1S/C16H13ClN4O2S2/c17-10-5-13(22)15-20-12(6-14(23)21(15)8-10)9-25-16(24)19-7-11-3-1-2-4-18-11/h1-6,8,22H,7,9H2,(H,19,24). The Morgan fingerprint density at radius 2 is 2.20 bits per heavy atom. The Kier molecular flexibility index (Phi) is 5.52. The molecule has 3 aromatic heterocycles. The first-order valence-electron chi connectivity index (χ1n) is 7.24. The van der Waals surface area contributed by atoms with Crippen LogP contribution in [0.4, 0.5) is 0 Å². The predicted octanol–water partition coefficient (Wildman–Crippen LogP) is 2.76. The van der Waals surface area contributed by atoms with Gasteiger partial charge in [-0.3, -0.25) is 14.2 Å².